The molecule has 2 aliphatic heterocycles. The lowest BCUT2D eigenvalue weighted by Crippen LogP contribution is -2.45. The van der Waals surface area contributed by atoms with E-state index in [2.05, 4.69) is 4.98 Å². The van der Waals surface area contributed by atoms with Gasteiger partial charge in [0.05, 0.1) is 25.2 Å². The molecule has 0 amide bonds. The highest BCUT2D eigenvalue weighted by Gasteiger charge is 2.60. The smallest absolute Gasteiger partial charge is 0.395 e. The SMILES string of the molecule is CC(C)(CO)C(=O)SCCOP1(=O)OC[C@H]2O[C@@H](n3ccc(=O)[nH]c3=O)[C@](C)(Cl)[C@@H]2O1. The Hall–Kier alpha value is -0.980. The minimum Gasteiger partial charge on any atom is -0.395 e. The van der Waals surface area contributed by atoms with Gasteiger partial charge in [0.25, 0.3) is 5.56 Å². The Morgan fingerprint density at radius 3 is 2.87 bits per heavy atom. The van der Waals surface area contributed by atoms with E-state index in [4.69, 9.17) is 29.9 Å². The number of ether oxygens (including phenoxy) is 1. The van der Waals surface area contributed by atoms with Gasteiger partial charge >= 0.3 is 13.5 Å². The van der Waals surface area contributed by atoms with Gasteiger partial charge in [-0.15, -0.1) is 11.6 Å². The molecule has 0 aliphatic carbocycles. The summed E-state index contributed by atoms with van der Waals surface area (Å²) in [5.74, 6) is 0.178. The monoisotopic (exact) mass is 498 g/mol. The van der Waals surface area contributed by atoms with Crippen molar-refractivity contribution in [2.75, 3.05) is 25.6 Å². The number of hydrogen-bond acceptors (Lipinski definition) is 10. The maximum absolute atomic E-state index is 12.9. The number of carbonyl (C=O) groups is 1. The molecule has 0 bridgehead atoms. The van der Waals surface area contributed by atoms with Gasteiger partial charge in [0.2, 0.25) is 0 Å². The van der Waals surface area contributed by atoms with E-state index in [0.717, 1.165) is 22.4 Å². The number of alkyl halides is 1. The second-order valence-corrected chi connectivity index (χ2v) is 11.5. The zero-order chi connectivity index (χ0) is 23.0. The summed E-state index contributed by atoms with van der Waals surface area (Å²) >= 11 is 7.58. The number of H-pyrrole nitrogens is 1. The Labute approximate surface area is 187 Å². The molecule has 2 saturated heterocycles. The highest BCUT2D eigenvalue weighted by Crippen LogP contribution is 2.59. The first-order valence-corrected chi connectivity index (χ1v) is 12.2. The Balaban J connectivity index is 1.64. The molecule has 0 radical (unpaired) electrons. The van der Waals surface area contributed by atoms with Crippen molar-refractivity contribution in [3.63, 3.8) is 0 Å². The van der Waals surface area contributed by atoms with Gasteiger partial charge in [0, 0.05) is 18.0 Å². The molecule has 14 heteroatoms. The summed E-state index contributed by atoms with van der Waals surface area (Å²) in [6.07, 6.45) is -1.42. The number of phosphoric ester groups is 1. The van der Waals surface area contributed by atoms with E-state index in [9.17, 15) is 24.1 Å². The molecule has 1 aromatic heterocycles. The van der Waals surface area contributed by atoms with E-state index < -0.39 is 47.8 Å². The fourth-order valence-electron chi connectivity index (χ4n) is 3.07. The minimum absolute atomic E-state index is 0.102. The van der Waals surface area contributed by atoms with Crippen LogP contribution in [0.1, 0.15) is 27.0 Å². The number of thioether (sulfide) groups is 1. The summed E-state index contributed by atoms with van der Waals surface area (Å²) in [5.41, 5.74) is -2.17. The number of aliphatic hydroxyl groups excluding tert-OH is 1. The first kappa shape index (κ1) is 24.7. The van der Waals surface area contributed by atoms with Crippen LogP contribution in [0.3, 0.4) is 0 Å². The average molecular weight is 499 g/mol. The number of halogens is 1. The number of fused-ring (bicyclic) bond motifs is 1. The third-order valence-electron chi connectivity index (χ3n) is 4.94. The van der Waals surface area contributed by atoms with Gasteiger partial charge in [-0.25, -0.2) is 9.36 Å². The Morgan fingerprint density at radius 1 is 1.52 bits per heavy atom. The van der Waals surface area contributed by atoms with Crippen LogP contribution >= 0.6 is 31.2 Å². The van der Waals surface area contributed by atoms with Crippen molar-refractivity contribution in [1.82, 2.24) is 9.55 Å². The van der Waals surface area contributed by atoms with Gasteiger partial charge in [-0.1, -0.05) is 11.8 Å². The Kier molecular flexibility index (Phi) is 7.24. The number of phosphoric acid groups is 1. The van der Waals surface area contributed by atoms with Crippen LogP contribution in [0.25, 0.3) is 0 Å². The average Bonchev–Trinajstić information content (AvgIpc) is 2.95. The fourth-order valence-corrected chi connectivity index (χ4v) is 5.87. The number of aliphatic hydroxyl groups is 1. The van der Waals surface area contributed by atoms with Crippen LogP contribution in [0.5, 0.6) is 0 Å². The summed E-state index contributed by atoms with van der Waals surface area (Å²) in [6, 6.07) is 1.15. The van der Waals surface area contributed by atoms with Gasteiger partial charge in [0.15, 0.2) is 11.3 Å². The van der Waals surface area contributed by atoms with Gasteiger partial charge in [0.1, 0.15) is 17.1 Å². The number of aromatic nitrogens is 2. The summed E-state index contributed by atoms with van der Waals surface area (Å²) in [4.78, 5) is 36.3. The van der Waals surface area contributed by atoms with Crippen molar-refractivity contribution in [1.29, 1.82) is 0 Å². The molecule has 1 aromatic rings. The highest BCUT2D eigenvalue weighted by atomic mass is 35.5. The van der Waals surface area contributed by atoms with Crippen molar-refractivity contribution >= 4 is 36.3 Å². The summed E-state index contributed by atoms with van der Waals surface area (Å²) in [7, 11) is -3.99. The van der Waals surface area contributed by atoms with Crippen LogP contribution in [0.4, 0.5) is 0 Å². The lowest BCUT2D eigenvalue weighted by Gasteiger charge is -2.34. The van der Waals surface area contributed by atoms with Crippen molar-refractivity contribution in [3.05, 3.63) is 33.1 Å². The minimum atomic E-state index is -3.99. The van der Waals surface area contributed by atoms with Crippen LogP contribution in [0, 0.1) is 5.41 Å². The van der Waals surface area contributed by atoms with Crippen LogP contribution in [-0.4, -0.2) is 62.4 Å². The predicted octanol–water partition coefficient (Wildman–Crippen LogP) is 1.25. The third-order valence-corrected chi connectivity index (χ3v) is 7.97. The first-order valence-electron chi connectivity index (χ1n) is 9.41. The normalized spacial score (nSPS) is 33.3. The number of hydrogen-bond donors (Lipinski definition) is 2. The molecule has 2 fully saturated rings. The van der Waals surface area contributed by atoms with E-state index in [1.165, 1.54) is 6.20 Å². The molecule has 3 rings (SSSR count). The number of rotatable bonds is 7. The van der Waals surface area contributed by atoms with E-state index in [1.807, 2.05) is 0 Å². The van der Waals surface area contributed by atoms with Gasteiger partial charge in [-0.05, 0) is 20.8 Å². The molecule has 2 N–H and O–H groups in total. The molecule has 0 saturated carbocycles. The van der Waals surface area contributed by atoms with Crippen LogP contribution in [0.15, 0.2) is 21.9 Å². The van der Waals surface area contributed by atoms with E-state index in [1.54, 1.807) is 20.8 Å². The van der Waals surface area contributed by atoms with Crippen molar-refractivity contribution < 1.29 is 32.8 Å². The highest BCUT2D eigenvalue weighted by molar-refractivity contribution is 8.13. The second-order valence-electron chi connectivity index (χ2n) is 7.98. The van der Waals surface area contributed by atoms with Crippen molar-refractivity contribution in [3.8, 4) is 0 Å². The fraction of sp³-hybridized carbons (Fsp3) is 0.706. The largest absolute Gasteiger partial charge is 0.475 e. The Bertz CT molecular complexity index is 994. The molecule has 1 unspecified atom stereocenters. The summed E-state index contributed by atoms with van der Waals surface area (Å²) in [5, 5.41) is 9.00. The molecule has 5 atom stereocenters. The lowest BCUT2D eigenvalue weighted by atomic mass is 9.97. The lowest BCUT2D eigenvalue weighted by molar-refractivity contribution is -0.119. The van der Waals surface area contributed by atoms with Crippen molar-refractivity contribution in [2.45, 2.75) is 44.1 Å². The summed E-state index contributed by atoms with van der Waals surface area (Å²) < 4.78 is 35.9. The zero-order valence-corrected chi connectivity index (χ0v) is 19.6. The quantitative estimate of drug-likeness (QED) is 0.320. The number of nitrogens with one attached hydrogen (secondary N) is 1. The maximum atomic E-state index is 12.9. The van der Waals surface area contributed by atoms with E-state index in [0.29, 0.717) is 0 Å². The maximum Gasteiger partial charge on any atom is 0.475 e. The molecular weight excluding hydrogens is 475 g/mol. The third kappa shape index (κ3) is 5.17. The van der Waals surface area contributed by atoms with Gasteiger partial charge < -0.3 is 9.84 Å². The number of nitrogens with zero attached hydrogens (tertiary/aromatic N) is 1. The van der Waals surface area contributed by atoms with Crippen LogP contribution in [-0.2, 0) is 27.7 Å². The molecule has 2 aliphatic rings. The molecule has 31 heavy (non-hydrogen) atoms. The molecule has 0 spiro atoms. The van der Waals surface area contributed by atoms with Gasteiger partial charge in [-0.2, -0.15) is 0 Å². The zero-order valence-electron chi connectivity index (χ0n) is 17.1. The number of aromatic amines is 1. The van der Waals surface area contributed by atoms with Gasteiger partial charge in [-0.3, -0.25) is 32.7 Å². The topological polar surface area (TPSA) is 146 Å². The first-order chi connectivity index (χ1) is 14.4. The van der Waals surface area contributed by atoms with Crippen LogP contribution in [0.2, 0.25) is 0 Å². The van der Waals surface area contributed by atoms with E-state index >= 15 is 0 Å². The molecule has 3 heterocycles. The van der Waals surface area contributed by atoms with E-state index in [-0.39, 0.29) is 30.7 Å². The Morgan fingerprint density at radius 2 is 2.23 bits per heavy atom. The molecule has 0 aromatic carbocycles. The van der Waals surface area contributed by atoms with Crippen molar-refractivity contribution in [2.24, 2.45) is 5.41 Å². The second kappa shape index (κ2) is 9.11. The number of carbonyl (C=O) groups excluding carboxylic acids is 1. The molecular formula is C17H24ClN2O9PS. The standard InChI is InChI=1S/C17H24ClN2O9PS/c1-16(2,9-21)14(23)31-7-6-26-30(25)27-8-10-12(29-30)17(3,18)13(28-10)20-5-4-11(22)19-15(20)24/h4-5,10,12-13,21H,6-9H2,1-3H3,(H,19,22,24)/t10-,12-,13-,17-,30?/m1/s1. The molecule has 174 valence electrons. The summed E-state index contributed by atoms with van der Waals surface area (Å²) in [6.45, 7) is 4.25. The molecule has 11 nitrogen and oxygen atoms in total. The predicted molar refractivity (Wildman–Crippen MR) is 112 cm³/mol. The van der Waals surface area contributed by atoms with Crippen LogP contribution < -0.4 is 11.2 Å².